The van der Waals surface area contributed by atoms with Crippen LogP contribution in [0.2, 0.25) is 5.02 Å². The molecule has 2 rings (SSSR count). The van der Waals surface area contributed by atoms with E-state index < -0.39 is 0 Å². The summed E-state index contributed by atoms with van der Waals surface area (Å²) in [6.07, 6.45) is 3.38. The summed E-state index contributed by atoms with van der Waals surface area (Å²) in [6, 6.07) is 6.94. The minimum atomic E-state index is -0.0800. The number of hydrazine groups is 1. The molecule has 1 aromatic heterocycles. The standard InChI is InChI=1S/C18H25ClN8O2S/c1-3-4-5-9-16(28)23-18-22-15(26-30-18)11-29-25-17(27(21)12(2)24-20)13-7-6-8-14(19)10-13/h6-8,10H,3-5,9,11,20-21H2,1-2H3,(H,22,23,26,28)/b24-12-,25-17+. The van der Waals surface area contributed by atoms with E-state index >= 15 is 0 Å². The molecule has 1 aromatic carbocycles. The van der Waals surface area contributed by atoms with Gasteiger partial charge >= 0.3 is 0 Å². The fraction of sp³-hybridized carbons (Fsp3) is 0.389. The average Bonchev–Trinajstić information content (AvgIpc) is 3.17. The highest BCUT2D eigenvalue weighted by molar-refractivity contribution is 7.09. The number of hydrogen-bond acceptors (Lipinski definition) is 9. The van der Waals surface area contributed by atoms with Gasteiger partial charge in [0.25, 0.3) is 0 Å². The van der Waals surface area contributed by atoms with Crippen LogP contribution in [-0.4, -0.2) is 31.9 Å². The summed E-state index contributed by atoms with van der Waals surface area (Å²) in [6.45, 7) is 3.69. The minimum Gasteiger partial charge on any atom is -0.386 e. The molecule has 0 atom stereocenters. The molecule has 10 nitrogen and oxygen atoms in total. The number of nitrogens with one attached hydrogen (secondary N) is 1. The Kier molecular flexibility index (Phi) is 9.45. The molecular formula is C18H25ClN8O2S. The van der Waals surface area contributed by atoms with Crippen molar-refractivity contribution in [2.45, 2.75) is 46.1 Å². The van der Waals surface area contributed by atoms with Crippen molar-refractivity contribution in [1.82, 2.24) is 14.4 Å². The third kappa shape index (κ3) is 7.25. The number of rotatable bonds is 9. The number of amides is 1. The summed E-state index contributed by atoms with van der Waals surface area (Å²) in [5.41, 5.74) is 0.610. The highest BCUT2D eigenvalue weighted by Crippen LogP contribution is 2.15. The van der Waals surface area contributed by atoms with Crippen LogP contribution in [0.4, 0.5) is 5.13 Å². The Bertz CT molecular complexity index is 902. The number of hydrazone groups is 1. The fourth-order valence-corrected chi connectivity index (χ4v) is 3.09. The Morgan fingerprint density at radius 2 is 2.20 bits per heavy atom. The quantitative estimate of drug-likeness (QED) is 0.174. The summed E-state index contributed by atoms with van der Waals surface area (Å²) in [5, 5.41) is 12.5. The molecule has 162 valence electrons. The lowest BCUT2D eigenvalue weighted by atomic mass is 10.2. The van der Waals surface area contributed by atoms with Gasteiger partial charge in [0.1, 0.15) is 5.84 Å². The highest BCUT2D eigenvalue weighted by atomic mass is 35.5. The molecule has 0 radical (unpaired) electrons. The maximum atomic E-state index is 11.9. The zero-order chi connectivity index (χ0) is 21.9. The van der Waals surface area contributed by atoms with Gasteiger partial charge in [-0.2, -0.15) is 14.5 Å². The van der Waals surface area contributed by atoms with Gasteiger partial charge in [-0.25, -0.2) is 10.9 Å². The first-order valence-electron chi connectivity index (χ1n) is 9.32. The maximum absolute atomic E-state index is 11.9. The number of aromatic nitrogens is 2. The molecule has 1 amide bonds. The molecule has 0 spiro atoms. The van der Waals surface area contributed by atoms with Gasteiger partial charge in [-0.05, 0) is 25.5 Å². The second-order valence-corrected chi connectivity index (χ2v) is 7.45. The first-order valence-corrected chi connectivity index (χ1v) is 10.5. The van der Waals surface area contributed by atoms with E-state index in [-0.39, 0.29) is 18.3 Å². The van der Waals surface area contributed by atoms with Crippen LogP contribution in [0, 0.1) is 0 Å². The van der Waals surface area contributed by atoms with Crippen molar-refractivity contribution in [3.63, 3.8) is 0 Å². The smallest absolute Gasteiger partial charge is 0.226 e. The number of benzene rings is 1. The molecule has 30 heavy (non-hydrogen) atoms. The second kappa shape index (κ2) is 12.1. The Morgan fingerprint density at radius 1 is 1.40 bits per heavy atom. The molecule has 0 saturated heterocycles. The van der Waals surface area contributed by atoms with E-state index in [0.717, 1.165) is 30.8 Å². The van der Waals surface area contributed by atoms with Crippen LogP contribution in [-0.2, 0) is 16.2 Å². The normalized spacial score (nSPS) is 12.0. The van der Waals surface area contributed by atoms with Crippen LogP contribution >= 0.6 is 23.1 Å². The SMILES string of the molecule is CCCCCC(=O)Nc1nc(CO/N=C(\c2cccc(Cl)c2)N(N)/C(C)=N\N)ns1. The predicted octanol–water partition coefficient (Wildman–Crippen LogP) is 3.06. The zero-order valence-corrected chi connectivity index (χ0v) is 18.4. The van der Waals surface area contributed by atoms with Gasteiger partial charge in [0.05, 0.1) is 0 Å². The molecule has 0 aliphatic rings. The predicted molar refractivity (Wildman–Crippen MR) is 119 cm³/mol. The number of amidine groups is 2. The number of anilines is 1. The van der Waals surface area contributed by atoms with E-state index in [0.29, 0.717) is 33.8 Å². The number of carbonyl (C=O) groups excluding carboxylic acids is 1. The van der Waals surface area contributed by atoms with Crippen molar-refractivity contribution < 1.29 is 9.63 Å². The van der Waals surface area contributed by atoms with E-state index in [4.69, 9.17) is 28.1 Å². The molecule has 0 saturated carbocycles. The van der Waals surface area contributed by atoms with Gasteiger partial charge in [-0.3, -0.25) is 4.79 Å². The Balaban J connectivity index is 2.03. The molecule has 0 unspecified atom stereocenters. The third-order valence-electron chi connectivity index (χ3n) is 3.91. The van der Waals surface area contributed by atoms with Gasteiger partial charge in [-0.15, -0.1) is 0 Å². The average molecular weight is 453 g/mol. The van der Waals surface area contributed by atoms with Crippen molar-refractivity contribution in [2.75, 3.05) is 5.32 Å². The lowest BCUT2D eigenvalue weighted by Gasteiger charge is -2.19. The van der Waals surface area contributed by atoms with Crippen molar-refractivity contribution in [2.24, 2.45) is 21.9 Å². The maximum Gasteiger partial charge on any atom is 0.226 e. The van der Waals surface area contributed by atoms with Gasteiger partial charge in [0.15, 0.2) is 18.3 Å². The molecule has 2 aromatic rings. The van der Waals surface area contributed by atoms with E-state index in [1.807, 2.05) is 0 Å². The summed E-state index contributed by atoms with van der Waals surface area (Å²) >= 11 is 7.14. The summed E-state index contributed by atoms with van der Waals surface area (Å²) in [7, 11) is 0. The van der Waals surface area contributed by atoms with Crippen LogP contribution in [0.3, 0.4) is 0 Å². The monoisotopic (exact) mass is 452 g/mol. The van der Waals surface area contributed by atoms with Crippen LogP contribution in [0.5, 0.6) is 0 Å². The van der Waals surface area contributed by atoms with E-state index in [2.05, 4.69) is 31.9 Å². The van der Waals surface area contributed by atoms with Crippen molar-refractivity contribution in [1.29, 1.82) is 0 Å². The Morgan fingerprint density at radius 3 is 2.90 bits per heavy atom. The number of hydrogen-bond donors (Lipinski definition) is 3. The fourth-order valence-electron chi connectivity index (χ4n) is 2.31. The lowest BCUT2D eigenvalue weighted by Crippen LogP contribution is -2.42. The van der Waals surface area contributed by atoms with Gasteiger partial charge in [-0.1, -0.05) is 48.7 Å². The summed E-state index contributed by atoms with van der Waals surface area (Å²) < 4.78 is 4.16. The third-order valence-corrected chi connectivity index (χ3v) is 4.82. The zero-order valence-electron chi connectivity index (χ0n) is 16.8. The van der Waals surface area contributed by atoms with Crippen LogP contribution in [0.25, 0.3) is 0 Å². The van der Waals surface area contributed by atoms with Crippen LogP contribution in [0.1, 0.15) is 50.9 Å². The molecular weight excluding hydrogens is 428 g/mol. The highest BCUT2D eigenvalue weighted by Gasteiger charge is 2.15. The second-order valence-electron chi connectivity index (χ2n) is 6.27. The minimum absolute atomic E-state index is 0.0150. The van der Waals surface area contributed by atoms with Gasteiger partial charge < -0.3 is 16.0 Å². The Hall–Kier alpha value is -2.76. The van der Waals surface area contributed by atoms with Crippen LogP contribution < -0.4 is 17.0 Å². The summed E-state index contributed by atoms with van der Waals surface area (Å²) in [4.78, 5) is 21.5. The molecule has 0 fully saturated rings. The molecule has 5 N–H and O–H groups in total. The number of oxime groups is 1. The molecule has 0 aliphatic heterocycles. The van der Waals surface area contributed by atoms with Crippen molar-refractivity contribution in [3.8, 4) is 0 Å². The Labute approximate surface area is 184 Å². The van der Waals surface area contributed by atoms with E-state index in [9.17, 15) is 4.79 Å². The molecule has 1 heterocycles. The number of nitrogens with two attached hydrogens (primary N) is 2. The number of carbonyl (C=O) groups is 1. The van der Waals surface area contributed by atoms with Crippen LogP contribution in [0.15, 0.2) is 34.5 Å². The van der Waals surface area contributed by atoms with Crippen molar-refractivity contribution >= 4 is 45.8 Å². The van der Waals surface area contributed by atoms with Crippen molar-refractivity contribution in [3.05, 3.63) is 40.7 Å². The molecule has 0 bridgehead atoms. The molecule has 0 aliphatic carbocycles. The number of unbranched alkanes of at least 4 members (excludes halogenated alkanes) is 2. The van der Waals surface area contributed by atoms with E-state index in [1.165, 1.54) is 5.01 Å². The first-order chi connectivity index (χ1) is 14.4. The largest absolute Gasteiger partial charge is 0.386 e. The lowest BCUT2D eigenvalue weighted by molar-refractivity contribution is -0.116. The summed E-state index contributed by atoms with van der Waals surface area (Å²) in [5.74, 6) is 12.2. The first kappa shape index (κ1) is 23.5. The topological polar surface area (TPSA) is 144 Å². The van der Waals surface area contributed by atoms with Gasteiger partial charge in [0, 0.05) is 28.5 Å². The number of nitrogens with zero attached hydrogens (tertiary/aromatic N) is 5. The van der Waals surface area contributed by atoms with E-state index in [1.54, 1.807) is 31.2 Å². The molecule has 12 heteroatoms. The number of halogens is 1. The van der Waals surface area contributed by atoms with Gasteiger partial charge in [0.2, 0.25) is 11.0 Å².